The SMILES string of the molecule is Cc1nc(C)c(CC2CCCCC2)o1. The Kier molecular flexibility index (Phi) is 2.90. The molecule has 0 aliphatic heterocycles. The van der Waals surface area contributed by atoms with Gasteiger partial charge in [0.1, 0.15) is 5.76 Å². The van der Waals surface area contributed by atoms with E-state index in [2.05, 4.69) is 11.9 Å². The molecule has 1 fully saturated rings. The van der Waals surface area contributed by atoms with Gasteiger partial charge in [-0.3, -0.25) is 0 Å². The van der Waals surface area contributed by atoms with Gasteiger partial charge in [-0.25, -0.2) is 4.98 Å². The maximum atomic E-state index is 5.61. The lowest BCUT2D eigenvalue weighted by Gasteiger charge is -2.20. The summed E-state index contributed by atoms with van der Waals surface area (Å²) in [6, 6.07) is 0. The highest BCUT2D eigenvalue weighted by atomic mass is 16.4. The van der Waals surface area contributed by atoms with Crippen molar-refractivity contribution in [3.05, 3.63) is 17.3 Å². The third-order valence-corrected chi connectivity index (χ3v) is 3.20. The molecule has 2 nitrogen and oxygen atoms in total. The van der Waals surface area contributed by atoms with E-state index < -0.39 is 0 Å². The minimum atomic E-state index is 0.813. The van der Waals surface area contributed by atoms with Gasteiger partial charge in [0.05, 0.1) is 5.69 Å². The lowest BCUT2D eigenvalue weighted by molar-refractivity contribution is 0.330. The quantitative estimate of drug-likeness (QED) is 0.719. The Balaban J connectivity index is 1.98. The second-order valence-corrected chi connectivity index (χ2v) is 4.45. The standard InChI is InChI=1S/C12H19NO/c1-9-12(14-10(2)13-9)8-11-6-4-3-5-7-11/h11H,3-8H2,1-2H3. The molecule has 0 saturated heterocycles. The van der Waals surface area contributed by atoms with E-state index in [4.69, 9.17) is 4.42 Å². The molecule has 2 heteroatoms. The number of aryl methyl sites for hydroxylation is 2. The minimum Gasteiger partial charge on any atom is -0.446 e. The van der Waals surface area contributed by atoms with Gasteiger partial charge in [-0.15, -0.1) is 0 Å². The van der Waals surface area contributed by atoms with Gasteiger partial charge in [0, 0.05) is 13.3 Å². The molecule has 1 aliphatic carbocycles. The van der Waals surface area contributed by atoms with Gasteiger partial charge in [-0.05, 0) is 12.8 Å². The maximum Gasteiger partial charge on any atom is 0.191 e. The smallest absolute Gasteiger partial charge is 0.191 e. The fraction of sp³-hybridized carbons (Fsp3) is 0.750. The molecule has 1 aromatic heterocycles. The summed E-state index contributed by atoms with van der Waals surface area (Å²) < 4.78 is 5.61. The number of nitrogens with zero attached hydrogens (tertiary/aromatic N) is 1. The van der Waals surface area contributed by atoms with Crippen LogP contribution in [-0.4, -0.2) is 4.98 Å². The highest BCUT2D eigenvalue weighted by molar-refractivity contribution is 5.08. The number of hydrogen-bond donors (Lipinski definition) is 0. The molecule has 0 N–H and O–H groups in total. The Morgan fingerprint density at radius 2 is 1.93 bits per heavy atom. The number of aromatic nitrogens is 1. The van der Waals surface area contributed by atoms with Crippen LogP contribution in [0.1, 0.15) is 49.4 Å². The van der Waals surface area contributed by atoms with Crippen molar-refractivity contribution in [3.8, 4) is 0 Å². The molecular weight excluding hydrogens is 174 g/mol. The summed E-state index contributed by atoms with van der Waals surface area (Å²) in [6.07, 6.45) is 8.07. The zero-order valence-electron chi connectivity index (χ0n) is 9.18. The highest BCUT2D eigenvalue weighted by Crippen LogP contribution is 2.27. The predicted octanol–water partition coefficient (Wildman–Crippen LogP) is 3.41. The monoisotopic (exact) mass is 193 g/mol. The molecule has 1 saturated carbocycles. The van der Waals surface area contributed by atoms with E-state index in [-0.39, 0.29) is 0 Å². The van der Waals surface area contributed by atoms with Crippen molar-refractivity contribution in [2.75, 3.05) is 0 Å². The molecule has 0 radical (unpaired) electrons. The summed E-state index contributed by atoms with van der Waals surface area (Å²) in [4.78, 5) is 4.31. The topological polar surface area (TPSA) is 26.0 Å². The lowest BCUT2D eigenvalue weighted by Crippen LogP contribution is -2.09. The van der Waals surface area contributed by atoms with Crippen LogP contribution in [0.15, 0.2) is 4.42 Å². The zero-order chi connectivity index (χ0) is 9.97. The molecular formula is C12H19NO. The molecule has 1 aromatic rings. The van der Waals surface area contributed by atoms with E-state index in [0.29, 0.717) is 0 Å². The second kappa shape index (κ2) is 4.16. The molecule has 78 valence electrons. The molecule has 0 bridgehead atoms. The Morgan fingerprint density at radius 1 is 1.21 bits per heavy atom. The third-order valence-electron chi connectivity index (χ3n) is 3.20. The fourth-order valence-electron chi connectivity index (χ4n) is 2.42. The van der Waals surface area contributed by atoms with Crippen LogP contribution in [0, 0.1) is 19.8 Å². The molecule has 0 unspecified atom stereocenters. The van der Waals surface area contributed by atoms with Crippen LogP contribution in [0.2, 0.25) is 0 Å². The van der Waals surface area contributed by atoms with E-state index >= 15 is 0 Å². The average Bonchev–Trinajstić information content (AvgIpc) is 2.47. The minimum absolute atomic E-state index is 0.813. The Morgan fingerprint density at radius 3 is 2.50 bits per heavy atom. The highest BCUT2D eigenvalue weighted by Gasteiger charge is 2.17. The van der Waals surface area contributed by atoms with Crippen molar-refractivity contribution in [2.45, 2.75) is 52.4 Å². The molecule has 14 heavy (non-hydrogen) atoms. The summed E-state index contributed by atoms with van der Waals surface area (Å²) in [5.41, 5.74) is 1.09. The summed E-state index contributed by atoms with van der Waals surface area (Å²) in [6.45, 7) is 3.98. The van der Waals surface area contributed by atoms with Crippen molar-refractivity contribution in [2.24, 2.45) is 5.92 Å². The summed E-state index contributed by atoms with van der Waals surface area (Å²) in [7, 11) is 0. The third kappa shape index (κ3) is 2.17. The van der Waals surface area contributed by atoms with E-state index in [9.17, 15) is 0 Å². The number of oxazole rings is 1. The molecule has 1 heterocycles. The second-order valence-electron chi connectivity index (χ2n) is 4.45. The lowest BCUT2D eigenvalue weighted by atomic mass is 9.86. The van der Waals surface area contributed by atoms with Gasteiger partial charge < -0.3 is 4.42 Å². The fourth-order valence-corrected chi connectivity index (χ4v) is 2.42. The van der Waals surface area contributed by atoms with Crippen molar-refractivity contribution in [3.63, 3.8) is 0 Å². The first kappa shape index (κ1) is 9.75. The average molecular weight is 193 g/mol. The predicted molar refractivity (Wildman–Crippen MR) is 56.3 cm³/mol. The van der Waals surface area contributed by atoms with Crippen molar-refractivity contribution in [1.82, 2.24) is 4.98 Å². The van der Waals surface area contributed by atoms with Crippen LogP contribution in [0.3, 0.4) is 0 Å². The van der Waals surface area contributed by atoms with E-state index in [1.165, 1.54) is 32.1 Å². The molecule has 0 atom stereocenters. The van der Waals surface area contributed by atoms with Gasteiger partial charge in [0.15, 0.2) is 5.89 Å². The van der Waals surface area contributed by atoms with Crippen LogP contribution >= 0.6 is 0 Å². The normalized spacial score (nSPS) is 18.7. The maximum absolute atomic E-state index is 5.61. The van der Waals surface area contributed by atoms with E-state index in [1.54, 1.807) is 0 Å². The van der Waals surface area contributed by atoms with Crippen molar-refractivity contribution >= 4 is 0 Å². The van der Waals surface area contributed by atoms with E-state index in [0.717, 1.165) is 29.7 Å². The Bertz CT molecular complexity index is 297. The summed E-state index contributed by atoms with van der Waals surface area (Å²) >= 11 is 0. The first-order valence-corrected chi connectivity index (χ1v) is 5.68. The Hall–Kier alpha value is -0.790. The molecule has 0 spiro atoms. The molecule has 0 amide bonds. The van der Waals surface area contributed by atoms with Gasteiger partial charge in [0.25, 0.3) is 0 Å². The molecule has 2 rings (SSSR count). The first-order chi connectivity index (χ1) is 6.75. The van der Waals surface area contributed by atoms with E-state index in [1.807, 2.05) is 6.92 Å². The zero-order valence-corrected chi connectivity index (χ0v) is 9.18. The van der Waals surface area contributed by atoms with Gasteiger partial charge in [-0.2, -0.15) is 0 Å². The van der Waals surface area contributed by atoms with Gasteiger partial charge in [-0.1, -0.05) is 32.1 Å². The summed E-state index contributed by atoms with van der Waals surface area (Å²) in [5, 5.41) is 0. The Labute approximate surface area is 85.7 Å². The molecule has 1 aliphatic rings. The summed E-state index contributed by atoms with van der Waals surface area (Å²) in [5.74, 6) is 2.78. The van der Waals surface area contributed by atoms with Crippen LogP contribution in [0.25, 0.3) is 0 Å². The van der Waals surface area contributed by atoms with Crippen molar-refractivity contribution in [1.29, 1.82) is 0 Å². The van der Waals surface area contributed by atoms with Crippen LogP contribution < -0.4 is 0 Å². The van der Waals surface area contributed by atoms with Crippen LogP contribution in [0.4, 0.5) is 0 Å². The van der Waals surface area contributed by atoms with Gasteiger partial charge >= 0.3 is 0 Å². The van der Waals surface area contributed by atoms with Crippen LogP contribution in [0.5, 0.6) is 0 Å². The largest absolute Gasteiger partial charge is 0.446 e. The van der Waals surface area contributed by atoms with Crippen LogP contribution in [-0.2, 0) is 6.42 Å². The number of hydrogen-bond acceptors (Lipinski definition) is 2. The van der Waals surface area contributed by atoms with Gasteiger partial charge in [0.2, 0.25) is 0 Å². The number of rotatable bonds is 2. The van der Waals surface area contributed by atoms with Crippen molar-refractivity contribution < 1.29 is 4.42 Å². The molecule has 0 aromatic carbocycles. The first-order valence-electron chi connectivity index (χ1n) is 5.68.